The topological polar surface area (TPSA) is 157 Å². The number of morpholine rings is 1. The van der Waals surface area contributed by atoms with Crippen molar-refractivity contribution in [1.29, 1.82) is 0 Å². The van der Waals surface area contributed by atoms with Crippen LogP contribution in [-0.4, -0.2) is 67.0 Å². The van der Waals surface area contributed by atoms with Crippen LogP contribution in [0.25, 0.3) is 22.3 Å². The molecule has 1 saturated heterocycles. The van der Waals surface area contributed by atoms with Gasteiger partial charge in [-0.2, -0.15) is 0 Å². The molecular formula is C26H27N6O4S+. The molecule has 10 nitrogen and oxygen atoms in total. The maximum Gasteiger partial charge on any atom is 0.249 e. The minimum atomic E-state index is -3.75. The third kappa shape index (κ3) is 5.52. The van der Waals surface area contributed by atoms with Crippen LogP contribution in [0.15, 0.2) is 60.8 Å². The highest BCUT2D eigenvalue weighted by molar-refractivity contribution is 7.91. The van der Waals surface area contributed by atoms with Crippen molar-refractivity contribution in [3.63, 3.8) is 0 Å². The van der Waals surface area contributed by atoms with Gasteiger partial charge in [0.2, 0.25) is 5.91 Å². The Bertz CT molecular complexity index is 1590. The van der Waals surface area contributed by atoms with Gasteiger partial charge in [-0.05, 0) is 36.4 Å². The molecule has 4 aromatic rings. The number of hydrogen-bond donors (Lipinski definition) is 3. The van der Waals surface area contributed by atoms with Crippen LogP contribution in [0.2, 0.25) is 0 Å². The van der Waals surface area contributed by atoms with Gasteiger partial charge >= 0.3 is 0 Å². The Morgan fingerprint density at radius 3 is 2.57 bits per heavy atom. The Morgan fingerprint density at radius 1 is 1.05 bits per heavy atom. The number of carbonyl (C=O) groups is 1. The Hall–Kier alpha value is -4.09. The molecule has 0 atom stereocenters. The number of nitrogens with zero attached hydrogens (tertiary/aromatic N) is 3. The molecule has 1 amide bonds. The number of carbonyl (C=O) groups excluding carboxylic acids is 1. The van der Waals surface area contributed by atoms with Crippen LogP contribution in [0.1, 0.15) is 21.6 Å². The average Bonchev–Trinajstić information content (AvgIpc) is 3.36. The van der Waals surface area contributed by atoms with Crippen LogP contribution in [0.3, 0.4) is 0 Å². The third-order valence-electron chi connectivity index (χ3n) is 6.19. The second-order valence-electron chi connectivity index (χ2n) is 8.89. The summed E-state index contributed by atoms with van der Waals surface area (Å²) in [5, 5.41) is 7.16. The maximum atomic E-state index is 13.2. The molecule has 2 aromatic carbocycles. The number of sulfone groups is 1. The van der Waals surface area contributed by atoms with E-state index in [0.717, 1.165) is 16.5 Å². The molecule has 0 spiro atoms. The van der Waals surface area contributed by atoms with Crippen molar-refractivity contribution in [2.75, 3.05) is 37.0 Å². The number of primary amides is 1. The molecule has 37 heavy (non-hydrogen) atoms. The second-order valence-corrected chi connectivity index (χ2v) is 11.0. The molecule has 1 aliphatic heterocycles. The van der Waals surface area contributed by atoms with Crippen LogP contribution in [0, 0.1) is 0 Å². The Morgan fingerprint density at radius 2 is 1.81 bits per heavy atom. The lowest BCUT2D eigenvalue weighted by Gasteiger charge is -2.28. The molecule has 2 aromatic heterocycles. The predicted molar refractivity (Wildman–Crippen MR) is 141 cm³/mol. The van der Waals surface area contributed by atoms with E-state index in [0.29, 0.717) is 49.2 Å². The van der Waals surface area contributed by atoms with Crippen LogP contribution in [0.5, 0.6) is 0 Å². The highest BCUT2D eigenvalue weighted by Crippen LogP contribution is 2.25. The molecule has 1 fully saturated rings. The number of amides is 1. The van der Waals surface area contributed by atoms with Crippen LogP contribution in [-0.2, 0) is 20.3 Å². The van der Waals surface area contributed by atoms with Crippen molar-refractivity contribution in [2.24, 2.45) is 5.73 Å². The maximum absolute atomic E-state index is 13.2. The van der Waals surface area contributed by atoms with E-state index in [1.807, 2.05) is 30.5 Å². The lowest BCUT2D eigenvalue weighted by atomic mass is 10.0. The normalized spacial score (nSPS) is 14.1. The van der Waals surface area contributed by atoms with E-state index < -0.39 is 21.5 Å². The van der Waals surface area contributed by atoms with E-state index in [4.69, 9.17) is 20.9 Å². The summed E-state index contributed by atoms with van der Waals surface area (Å²) in [6, 6.07) is 15.9. The molecule has 5 rings (SSSR count). The molecular weight excluding hydrogens is 492 g/mol. The fourth-order valence-electron chi connectivity index (χ4n) is 4.40. The van der Waals surface area contributed by atoms with E-state index in [1.54, 1.807) is 24.3 Å². The van der Waals surface area contributed by atoms with Crippen LogP contribution >= 0.6 is 0 Å². The fraction of sp³-hybridized carbons (Fsp3) is 0.231. The number of benzene rings is 2. The summed E-state index contributed by atoms with van der Waals surface area (Å²) in [5.74, 6) is -0.382. The van der Waals surface area contributed by atoms with Gasteiger partial charge in [-0.25, -0.2) is 18.4 Å². The Balaban J connectivity index is 1.47. The van der Waals surface area contributed by atoms with E-state index in [9.17, 15) is 13.2 Å². The summed E-state index contributed by atoms with van der Waals surface area (Å²) < 4.78 is 31.9. The average molecular weight is 520 g/mol. The minimum Gasteiger partial charge on any atom is -0.378 e. The van der Waals surface area contributed by atoms with E-state index in [-0.39, 0.29) is 17.0 Å². The van der Waals surface area contributed by atoms with Crippen LogP contribution in [0.4, 0.5) is 5.82 Å². The van der Waals surface area contributed by atoms with Gasteiger partial charge in [0, 0.05) is 41.8 Å². The van der Waals surface area contributed by atoms with Gasteiger partial charge in [0.1, 0.15) is 11.6 Å². The molecule has 3 heterocycles. The second kappa shape index (κ2) is 10.1. The van der Waals surface area contributed by atoms with E-state index >= 15 is 0 Å². The Labute approximate surface area is 213 Å². The lowest BCUT2D eigenvalue weighted by Crippen LogP contribution is -2.45. The monoisotopic (exact) mass is 519 g/mol. The number of nitrogens with one attached hydrogen (secondary N) is 1. The number of nitrogens with two attached hydrogens (primary N) is 2. The molecule has 0 bridgehead atoms. The molecule has 5 N–H and O–H groups in total. The van der Waals surface area contributed by atoms with Gasteiger partial charge in [0.15, 0.2) is 21.4 Å². The van der Waals surface area contributed by atoms with Crippen molar-refractivity contribution in [3.8, 4) is 11.4 Å². The number of aromatic nitrogens is 3. The van der Waals surface area contributed by atoms with Crippen molar-refractivity contribution in [3.05, 3.63) is 77.6 Å². The molecule has 1 aliphatic rings. The SMILES string of the molecule is NC(=O)c1ccccc1C(=[NH2+])CS(=O)(=O)Cc1cc(N2CCOCC2)nc(-c2ccc3[nH]ccc3c2)n1. The van der Waals surface area contributed by atoms with Gasteiger partial charge < -0.3 is 20.4 Å². The first-order valence-corrected chi connectivity index (χ1v) is 13.6. The first-order chi connectivity index (χ1) is 17.8. The quantitative estimate of drug-likeness (QED) is 0.290. The summed E-state index contributed by atoms with van der Waals surface area (Å²) in [6.07, 6.45) is 1.86. The van der Waals surface area contributed by atoms with Gasteiger partial charge in [-0.1, -0.05) is 12.1 Å². The zero-order valence-electron chi connectivity index (χ0n) is 20.1. The third-order valence-corrected chi connectivity index (χ3v) is 7.68. The summed E-state index contributed by atoms with van der Waals surface area (Å²) in [4.78, 5) is 26.4. The fourth-order valence-corrected chi connectivity index (χ4v) is 5.73. The molecule has 0 unspecified atom stereocenters. The largest absolute Gasteiger partial charge is 0.378 e. The Kier molecular flexibility index (Phi) is 6.72. The van der Waals surface area contributed by atoms with Crippen LogP contribution < -0.4 is 16.0 Å². The number of H-pyrrole nitrogens is 1. The number of rotatable bonds is 8. The first kappa shape index (κ1) is 24.6. The van der Waals surface area contributed by atoms with Gasteiger partial charge in [0.05, 0.1) is 35.8 Å². The highest BCUT2D eigenvalue weighted by atomic mass is 32.2. The highest BCUT2D eigenvalue weighted by Gasteiger charge is 2.25. The van der Waals surface area contributed by atoms with Crippen molar-refractivity contribution >= 4 is 38.2 Å². The van der Waals surface area contributed by atoms with E-state index in [1.165, 1.54) is 6.07 Å². The molecule has 11 heteroatoms. The van der Waals surface area contributed by atoms with Crippen molar-refractivity contribution in [2.45, 2.75) is 5.75 Å². The molecule has 0 aliphatic carbocycles. The number of ether oxygens (including phenoxy) is 1. The number of hydrogen-bond acceptors (Lipinski definition) is 7. The standard InChI is InChI=1S/C26H26N6O4S/c27-22(20-3-1-2-4-21(20)25(28)33)16-37(34,35)15-19-14-24(32-9-11-36-12-10-32)31-26(30-19)18-5-6-23-17(13-18)7-8-29-23/h1-8,13-14,27,29H,9-12,15-16H2,(H2,28,33)/p+1. The zero-order valence-corrected chi connectivity index (χ0v) is 20.9. The number of fused-ring (bicyclic) bond motifs is 1. The smallest absolute Gasteiger partial charge is 0.249 e. The van der Waals surface area contributed by atoms with Crippen molar-refractivity contribution < 1.29 is 23.4 Å². The van der Waals surface area contributed by atoms with E-state index in [2.05, 4.69) is 14.9 Å². The predicted octanol–water partition coefficient (Wildman–Crippen LogP) is 0.724. The van der Waals surface area contributed by atoms with Gasteiger partial charge in [-0.3, -0.25) is 10.2 Å². The van der Waals surface area contributed by atoms with Gasteiger partial charge in [0.25, 0.3) is 0 Å². The van der Waals surface area contributed by atoms with Gasteiger partial charge in [-0.15, -0.1) is 0 Å². The lowest BCUT2D eigenvalue weighted by molar-refractivity contribution is -0.113. The minimum absolute atomic E-state index is 0.0509. The summed E-state index contributed by atoms with van der Waals surface area (Å²) in [5.41, 5.74) is 8.10. The zero-order chi connectivity index (χ0) is 26.0. The summed E-state index contributed by atoms with van der Waals surface area (Å²) in [7, 11) is -3.75. The van der Waals surface area contributed by atoms with Crippen molar-refractivity contribution in [1.82, 2.24) is 15.0 Å². The molecule has 190 valence electrons. The number of aromatic amines is 1. The molecule has 0 radical (unpaired) electrons. The summed E-state index contributed by atoms with van der Waals surface area (Å²) in [6.45, 7) is 2.41. The summed E-state index contributed by atoms with van der Waals surface area (Å²) >= 11 is 0. The molecule has 0 saturated carbocycles. The first-order valence-electron chi connectivity index (χ1n) is 11.8. The number of anilines is 1.